The molecule has 0 amide bonds. The van der Waals surface area contributed by atoms with E-state index in [0.717, 1.165) is 25.6 Å². The fourth-order valence-corrected chi connectivity index (χ4v) is 2.59. The van der Waals surface area contributed by atoms with Gasteiger partial charge in [-0.3, -0.25) is 4.90 Å². The summed E-state index contributed by atoms with van der Waals surface area (Å²) in [5.74, 6) is -1.24. The predicted molar refractivity (Wildman–Crippen MR) is 72.5 cm³/mol. The van der Waals surface area contributed by atoms with Crippen molar-refractivity contribution in [2.75, 3.05) is 26.2 Å². The van der Waals surface area contributed by atoms with Crippen LogP contribution in [0.5, 0.6) is 0 Å². The molecule has 0 spiro atoms. The van der Waals surface area contributed by atoms with Crippen LogP contribution in [0.3, 0.4) is 0 Å². The van der Waals surface area contributed by atoms with Crippen molar-refractivity contribution in [2.24, 2.45) is 0 Å². The average Bonchev–Trinajstić information content (AvgIpc) is 2.38. The van der Waals surface area contributed by atoms with Crippen molar-refractivity contribution in [3.05, 3.63) is 35.4 Å². The van der Waals surface area contributed by atoms with Crippen molar-refractivity contribution < 1.29 is 18.6 Å². The first-order chi connectivity index (χ1) is 9.58. The fourth-order valence-electron chi connectivity index (χ4n) is 2.59. The predicted octanol–water partition coefficient (Wildman–Crippen LogP) is 1.98. The summed E-state index contributed by atoms with van der Waals surface area (Å²) in [4.78, 5) is 2.24. The lowest BCUT2D eigenvalue weighted by Gasteiger charge is -2.35. The van der Waals surface area contributed by atoms with E-state index in [0.29, 0.717) is 18.7 Å². The van der Waals surface area contributed by atoms with Gasteiger partial charge in [-0.05, 0) is 30.7 Å². The second kappa shape index (κ2) is 7.11. The normalized spacial score (nSPS) is 21.9. The van der Waals surface area contributed by atoms with Crippen molar-refractivity contribution in [1.82, 2.24) is 4.90 Å². The Balaban J connectivity index is 1.95. The van der Waals surface area contributed by atoms with Gasteiger partial charge in [-0.25, -0.2) is 8.78 Å². The smallest absolute Gasteiger partial charge is 0.126 e. The monoisotopic (exact) mass is 285 g/mol. The lowest BCUT2D eigenvalue weighted by molar-refractivity contribution is -0.0877. The molecule has 1 aromatic rings. The molecule has 3 nitrogen and oxygen atoms in total. The van der Waals surface area contributed by atoms with Crippen LogP contribution in [0.4, 0.5) is 8.78 Å². The SMILES string of the molecule is CCCN1CCOC(C(O)Cc2cc(F)cc(F)c2)C1. The molecule has 20 heavy (non-hydrogen) atoms. The molecule has 2 atom stereocenters. The molecule has 1 saturated heterocycles. The Morgan fingerprint density at radius 2 is 2.05 bits per heavy atom. The van der Waals surface area contributed by atoms with E-state index in [2.05, 4.69) is 11.8 Å². The molecular weight excluding hydrogens is 264 g/mol. The number of hydrogen-bond acceptors (Lipinski definition) is 3. The van der Waals surface area contributed by atoms with E-state index in [-0.39, 0.29) is 12.5 Å². The zero-order valence-electron chi connectivity index (χ0n) is 11.7. The molecule has 2 rings (SSSR count). The molecule has 112 valence electrons. The summed E-state index contributed by atoms with van der Waals surface area (Å²) < 4.78 is 31.8. The summed E-state index contributed by atoms with van der Waals surface area (Å²) in [5, 5.41) is 10.2. The molecule has 1 aromatic carbocycles. The van der Waals surface area contributed by atoms with E-state index >= 15 is 0 Å². The maximum atomic E-state index is 13.1. The summed E-state index contributed by atoms with van der Waals surface area (Å²) in [5.41, 5.74) is 0.450. The minimum Gasteiger partial charge on any atom is -0.390 e. The number of ether oxygens (including phenoxy) is 1. The van der Waals surface area contributed by atoms with Crippen molar-refractivity contribution >= 4 is 0 Å². The van der Waals surface area contributed by atoms with Gasteiger partial charge in [-0.1, -0.05) is 6.92 Å². The Labute approximate surface area is 118 Å². The van der Waals surface area contributed by atoms with E-state index in [1.54, 1.807) is 0 Å². The van der Waals surface area contributed by atoms with Crippen LogP contribution in [0.15, 0.2) is 18.2 Å². The fraction of sp³-hybridized carbons (Fsp3) is 0.600. The molecule has 0 saturated carbocycles. The Kier molecular flexibility index (Phi) is 5.46. The van der Waals surface area contributed by atoms with Crippen LogP contribution in [-0.2, 0) is 11.2 Å². The molecule has 1 heterocycles. The Hall–Kier alpha value is -1.04. The standard InChI is InChI=1S/C15H21F2NO2/c1-2-3-18-4-5-20-15(10-18)14(19)8-11-6-12(16)9-13(17)7-11/h6-7,9,14-15,19H,2-5,8,10H2,1H3. The molecule has 0 radical (unpaired) electrons. The van der Waals surface area contributed by atoms with Gasteiger partial charge in [0.2, 0.25) is 0 Å². The van der Waals surface area contributed by atoms with E-state index in [1.807, 2.05) is 0 Å². The number of benzene rings is 1. The highest BCUT2D eigenvalue weighted by Crippen LogP contribution is 2.15. The maximum Gasteiger partial charge on any atom is 0.126 e. The first-order valence-electron chi connectivity index (χ1n) is 7.05. The largest absolute Gasteiger partial charge is 0.390 e. The summed E-state index contributed by atoms with van der Waals surface area (Å²) in [6.45, 7) is 5.19. The molecule has 1 aliphatic rings. The molecule has 1 fully saturated rings. The molecule has 1 N–H and O–H groups in total. The molecule has 0 bridgehead atoms. The van der Waals surface area contributed by atoms with Gasteiger partial charge in [0.25, 0.3) is 0 Å². The second-order valence-electron chi connectivity index (χ2n) is 5.26. The minimum atomic E-state index is -0.754. The first kappa shape index (κ1) is 15.4. The third-order valence-electron chi connectivity index (χ3n) is 3.51. The number of morpholine rings is 1. The number of rotatable bonds is 5. The van der Waals surface area contributed by atoms with E-state index in [9.17, 15) is 13.9 Å². The number of hydrogen-bond donors (Lipinski definition) is 1. The van der Waals surface area contributed by atoms with Crippen molar-refractivity contribution in [1.29, 1.82) is 0 Å². The van der Waals surface area contributed by atoms with Crippen LogP contribution in [-0.4, -0.2) is 48.5 Å². The van der Waals surface area contributed by atoms with Gasteiger partial charge in [-0.2, -0.15) is 0 Å². The molecule has 2 unspecified atom stereocenters. The number of aliphatic hydroxyl groups excluding tert-OH is 1. The lowest BCUT2D eigenvalue weighted by Crippen LogP contribution is -2.48. The van der Waals surface area contributed by atoms with E-state index < -0.39 is 17.7 Å². The van der Waals surface area contributed by atoms with Crippen LogP contribution in [0.1, 0.15) is 18.9 Å². The summed E-state index contributed by atoms with van der Waals surface area (Å²) in [6, 6.07) is 3.33. The third-order valence-corrected chi connectivity index (χ3v) is 3.51. The second-order valence-corrected chi connectivity index (χ2v) is 5.26. The first-order valence-corrected chi connectivity index (χ1v) is 7.05. The van der Waals surface area contributed by atoms with Gasteiger partial charge in [0.1, 0.15) is 11.6 Å². The Morgan fingerprint density at radius 1 is 1.35 bits per heavy atom. The van der Waals surface area contributed by atoms with Crippen LogP contribution < -0.4 is 0 Å². The number of halogens is 2. The van der Waals surface area contributed by atoms with Gasteiger partial charge in [0, 0.05) is 25.6 Å². The van der Waals surface area contributed by atoms with Gasteiger partial charge in [0.15, 0.2) is 0 Å². The minimum absolute atomic E-state index is 0.194. The van der Waals surface area contributed by atoms with Crippen LogP contribution >= 0.6 is 0 Å². The topological polar surface area (TPSA) is 32.7 Å². The zero-order chi connectivity index (χ0) is 14.5. The lowest BCUT2D eigenvalue weighted by atomic mass is 10.0. The van der Waals surface area contributed by atoms with Gasteiger partial charge in [-0.15, -0.1) is 0 Å². The van der Waals surface area contributed by atoms with Gasteiger partial charge < -0.3 is 9.84 Å². The third kappa shape index (κ3) is 4.23. The number of nitrogens with zero attached hydrogens (tertiary/aromatic N) is 1. The van der Waals surface area contributed by atoms with Crippen LogP contribution in [0.25, 0.3) is 0 Å². The molecular formula is C15H21F2NO2. The van der Waals surface area contributed by atoms with Crippen molar-refractivity contribution in [3.8, 4) is 0 Å². The molecule has 0 aromatic heterocycles. The average molecular weight is 285 g/mol. The number of aliphatic hydroxyl groups is 1. The molecule has 1 aliphatic heterocycles. The highest BCUT2D eigenvalue weighted by Gasteiger charge is 2.26. The van der Waals surface area contributed by atoms with Gasteiger partial charge >= 0.3 is 0 Å². The van der Waals surface area contributed by atoms with Crippen LogP contribution in [0.2, 0.25) is 0 Å². The van der Waals surface area contributed by atoms with Crippen molar-refractivity contribution in [2.45, 2.75) is 32.0 Å². The van der Waals surface area contributed by atoms with Crippen LogP contribution in [0, 0.1) is 11.6 Å². The maximum absolute atomic E-state index is 13.1. The summed E-state index contributed by atoms with van der Waals surface area (Å²) in [6.07, 6.45) is 0.189. The molecule has 0 aliphatic carbocycles. The van der Waals surface area contributed by atoms with E-state index in [1.165, 1.54) is 12.1 Å². The highest BCUT2D eigenvalue weighted by atomic mass is 19.1. The van der Waals surface area contributed by atoms with Gasteiger partial charge in [0.05, 0.1) is 18.8 Å². The van der Waals surface area contributed by atoms with Crippen molar-refractivity contribution in [3.63, 3.8) is 0 Å². The zero-order valence-corrected chi connectivity index (χ0v) is 11.7. The summed E-state index contributed by atoms with van der Waals surface area (Å²) >= 11 is 0. The van der Waals surface area contributed by atoms with E-state index in [4.69, 9.17) is 4.74 Å². The highest BCUT2D eigenvalue weighted by molar-refractivity contribution is 5.19. The quantitative estimate of drug-likeness (QED) is 0.898. The molecule has 5 heteroatoms. The Morgan fingerprint density at radius 3 is 2.70 bits per heavy atom. The summed E-state index contributed by atoms with van der Waals surface area (Å²) in [7, 11) is 0. The Bertz CT molecular complexity index is 420.